The van der Waals surface area contributed by atoms with Crippen LogP contribution in [-0.4, -0.2) is 18.6 Å². The first-order valence-corrected chi connectivity index (χ1v) is 7.63. The minimum Gasteiger partial charge on any atom is -0.484 e. The highest BCUT2D eigenvalue weighted by Crippen LogP contribution is 2.20. The molecule has 0 radical (unpaired) electrons. The molecule has 118 valence electrons. The van der Waals surface area contributed by atoms with Gasteiger partial charge in [0.25, 0.3) is 5.91 Å². The fraction of sp³-hybridized carbons (Fsp3) is 0.211. The summed E-state index contributed by atoms with van der Waals surface area (Å²) in [4.78, 5) is 12.0. The summed E-state index contributed by atoms with van der Waals surface area (Å²) in [6.45, 7) is 1.97. The Kier molecular flexibility index (Phi) is 4.62. The van der Waals surface area contributed by atoms with E-state index in [1.165, 1.54) is 0 Å². The zero-order valence-electron chi connectivity index (χ0n) is 13.0. The number of nitrogens with one attached hydrogen (secondary N) is 1. The Balaban J connectivity index is 1.51. The third-order valence-corrected chi connectivity index (χ3v) is 3.62. The van der Waals surface area contributed by atoms with Crippen LogP contribution in [0.1, 0.15) is 12.5 Å². The summed E-state index contributed by atoms with van der Waals surface area (Å²) in [7, 11) is 0. The van der Waals surface area contributed by atoms with E-state index in [2.05, 4.69) is 5.32 Å². The number of fused-ring (bicyclic) bond motifs is 1. The summed E-state index contributed by atoms with van der Waals surface area (Å²) in [6.07, 6.45) is 4.05. The minimum atomic E-state index is -0.130. The number of hydrogen-bond acceptors (Lipinski definition) is 3. The highest BCUT2D eigenvalue weighted by molar-refractivity contribution is 5.84. The number of hydrogen-bond donors (Lipinski definition) is 1. The molecule has 1 amide bonds. The summed E-state index contributed by atoms with van der Waals surface area (Å²) in [5.74, 6) is 0.565. The molecule has 3 aromatic rings. The molecule has 3 rings (SSSR count). The van der Waals surface area contributed by atoms with Gasteiger partial charge >= 0.3 is 0 Å². The van der Waals surface area contributed by atoms with Crippen molar-refractivity contribution in [1.82, 2.24) is 5.32 Å². The number of furan rings is 1. The Morgan fingerprint density at radius 1 is 1.17 bits per heavy atom. The molecule has 0 spiro atoms. The van der Waals surface area contributed by atoms with Gasteiger partial charge in [-0.05, 0) is 47.9 Å². The van der Waals surface area contributed by atoms with Crippen LogP contribution in [-0.2, 0) is 11.2 Å². The van der Waals surface area contributed by atoms with Gasteiger partial charge in [0.1, 0.15) is 5.75 Å². The van der Waals surface area contributed by atoms with Crippen molar-refractivity contribution in [2.45, 2.75) is 19.4 Å². The summed E-state index contributed by atoms with van der Waals surface area (Å²) < 4.78 is 10.6. The first-order valence-electron chi connectivity index (χ1n) is 7.63. The average molecular weight is 309 g/mol. The summed E-state index contributed by atoms with van der Waals surface area (Å²) >= 11 is 0. The number of rotatable bonds is 6. The van der Waals surface area contributed by atoms with Crippen molar-refractivity contribution in [3.63, 3.8) is 0 Å². The van der Waals surface area contributed by atoms with E-state index in [9.17, 15) is 4.79 Å². The van der Waals surface area contributed by atoms with Crippen molar-refractivity contribution >= 4 is 16.7 Å². The van der Waals surface area contributed by atoms with E-state index >= 15 is 0 Å². The lowest BCUT2D eigenvalue weighted by atomic mass is 10.1. The predicted molar refractivity (Wildman–Crippen MR) is 89.5 cm³/mol. The van der Waals surface area contributed by atoms with E-state index in [-0.39, 0.29) is 18.6 Å². The molecular formula is C19H19NO3. The Bertz CT molecular complexity index is 780. The molecule has 0 aliphatic heterocycles. The molecule has 23 heavy (non-hydrogen) atoms. The molecule has 0 saturated heterocycles. The summed E-state index contributed by atoms with van der Waals surface area (Å²) in [5, 5.41) is 5.17. The van der Waals surface area contributed by atoms with Crippen LogP contribution in [0.2, 0.25) is 0 Å². The maximum Gasteiger partial charge on any atom is 0.258 e. The second kappa shape index (κ2) is 7.01. The molecule has 4 heteroatoms. The molecule has 1 atom stereocenters. The molecule has 4 nitrogen and oxygen atoms in total. The van der Waals surface area contributed by atoms with Gasteiger partial charge in [-0.2, -0.15) is 0 Å². The van der Waals surface area contributed by atoms with Gasteiger partial charge in [-0.3, -0.25) is 4.79 Å². The Labute approximate surface area is 135 Å². The van der Waals surface area contributed by atoms with Crippen molar-refractivity contribution < 1.29 is 13.9 Å². The highest BCUT2D eigenvalue weighted by Gasteiger charge is 2.09. The molecule has 1 N–H and O–H groups in total. The first-order chi connectivity index (χ1) is 11.2. The van der Waals surface area contributed by atoms with Crippen molar-refractivity contribution in [1.29, 1.82) is 0 Å². The van der Waals surface area contributed by atoms with Crippen molar-refractivity contribution in [3.05, 3.63) is 66.6 Å². The van der Waals surface area contributed by atoms with Crippen LogP contribution in [0.5, 0.6) is 5.75 Å². The Morgan fingerprint density at radius 3 is 2.78 bits per heavy atom. The molecule has 0 aliphatic rings. The normalized spacial score (nSPS) is 12.0. The van der Waals surface area contributed by atoms with Crippen LogP contribution in [0.25, 0.3) is 10.8 Å². The SMILES string of the molecule is CC(Cc1ccoc1)NC(=O)COc1ccc2ccccc2c1. The minimum absolute atomic E-state index is 0.00800. The van der Waals surface area contributed by atoms with Gasteiger partial charge in [-0.25, -0.2) is 0 Å². The van der Waals surface area contributed by atoms with Crippen LogP contribution in [0.15, 0.2) is 65.5 Å². The second-order valence-electron chi connectivity index (χ2n) is 5.60. The van der Waals surface area contributed by atoms with Gasteiger partial charge < -0.3 is 14.5 Å². The second-order valence-corrected chi connectivity index (χ2v) is 5.60. The largest absolute Gasteiger partial charge is 0.484 e. The maximum absolute atomic E-state index is 12.0. The lowest BCUT2D eigenvalue weighted by Gasteiger charge is -2.13. The van der Waals surface area contributed by atoms with Gasteiger partial charge in [0, 0.05) is 6.04 Å². The van der Waals surface area contributed by atoms with E-state index in [1.807, 2.05) is 55.5 Å². The van der Waals surface area contributed by atoms with E-state index in [4.69, 9.17) is 9.15 Å². The van der Waals surface area contributed by atoms with Crippen molar-refractivity contribution in [2.24, 2.45) is 0 Å². The van der Waals surface area contributed by atoms with Gasteiger partial charge in [-0.15, -0.1) is 0 Å². The molecule has 0 fully saturated rings. The van der Waals surface area contributed by atoms with E-state index in [0.29, 0.717) is 5.75 Å². The first kappa shape index (κ1) is 15.2. The number of amides is 1. The monoisotopic (exact) mass is 309 g/mol. The molecule has 0 bridgehead atoms. The fourth-order valence-corrected chi connectivity index (χ4v) is 2.54. The smallest absolute Gasteiger partial charge is 0.258 e. The molecule has 0 aliphatic carbocycles. The fourth-order valence-electron chi connectivity index (χ4n) is 2.54. The van der Waals surface area contributed by atoms with Gasteiger partial charge in [0.2, 0.25) is 0 Å². The molecular weight excluding hydrogens is 290 g/mol. The number of benzene rings is 2. The van der Waals surface area contributed by atoms with Crippen LogP contribution >= 0.6 is 0 Å². The number of carbonyl (C=O) groups is 1. The third kappa shape index (κ3) is 4.13. The lowest BCUT2D eigenvalue weighted by Crippen LogP contribution is -2.37. The molecule has 2 aromatic carbocycles. The van der Waals surface area contributed by atoms with E-state index in [0.717, 1.165) is 22.8 Å². The maximum atomic E-state index is 12.0. The molecule has 0 saturated carbocycles. The van der Waals surface area contributed by atoms with E-state index < -0.39 is 0 Å². The van der Waals surface area contributed by atoms with Gasteiger partial charge in [0.05, 0.1) is 12.5 Å². The Morgan fingerprint density at radius 2 is 2.00 bits per heavy atom. The van der Waals surface area contributed by atoms with Gasteiger partial charge in [0.15, 0.2) is 6.61 Å². The molecule has 1 heterocycles. The molecule has 1 unspecified atom stereocenters. The topological polar surface area (TPSA) is 51.5 Å². The predicted octanol–water partition coefficient (Wildman–Crippen LogP) is 3.56. The quantitative estimate of drug-likeness (QED) is 0.757. The van der Waals surface area contributed by atoms with E-state index in [1.54, 1.807) is 12.5 Å². The lowest BCUT2D eigenvalue weighted by molar-refractivity contribution is -0.123. The van der Waals surface area contributed by atoms with Crippen LogP contribution in [0.3, 0.4) is 0 Å². The zero-order chi connectivity index (χ0) is 16.1. The van der Waals surface area contributed by atoms with Crippen LogP contribution in [0.4, 0.5) is 0 Å². The highest BCUT2D eigenvalue weighted by atomic mass is 16.5. The van der Waals surface area contributed by atoms with Crippen molar-refractivity contribution in [3.8, 4) is 5.75 Å². The summed E-state index contributed by atoms with van der Waals surface area (Å²) in [6, 6.07) is 15.8. The zero-order valence-corrected chi connectivity index (χ0v) is 13.0. The average Bonchev–Trinajstić information content (AvgIpc) is 3.05. The van der Waals surface area contributed by atoms with Crippen LogP contribution in [0, 0.1) is 0 Å². The standard InChI is InChI=1S/C19H19NO3/c1-14(10-15-8-9-22-12-15)20-19(21)13-23-18-7-6-16-4-2-3-5-17(16)11-18/h2-9,11-12,14H,10,13H2,1H3,(H,20,21). The number of carbonyl (C=O) groups excluding carboxylic acids is 1. The summed E-state index contributed by atoms with van der Waals surface area (Å²) in [5.41, 5.74) is 1.06. The van der Waals surface area contributed by atoms with Gasteiger partial charge in [-0.1, -0.05) is 30.3 Å². The third-order valence-electron chi connectivity index (χ3n) is 3.62. The van der Waals surface area contributed by atoms with Crippen LogP contribution < -0.4 is 10.1 Å². The Hall–Kier alpha value is -2.75. The van der Waals surface area contributed by atoms with Crippen molar-refractivity contribution in [2.75, 3.05) is 6.61 Å². The number of ether oxygens (including phenoxy) is 1. The molecule has 1 aromatic heterocycles.